The maximum absolute atomic E-state index is 9.04. The minimum absolute atomic E-state index is 0.206. The lowest BCUT2D eigenvalue weighted by Gasteiger charge is -2.17. The molecule has 0 bridgehead atoms. The second-order valence-electron chi connectivity index (χ2n) is 3.77. The maximum Gasteiger partial charge on any atom is 0.0636 e. The molecule has 0 saturated heterocycles. The van der Waals surface area contributed by atoms with E-state index >= 15 is 0 Å². The fraction of sp³-hybridized carbons (Fsp3) is 1.00. The highest BCUT2D eigenvalue weighted by Crippen LogP contribution is 2.24. The zero-order chi connectivity index (χ0) is 8.27. The van der Waals surface area contributed by atoms with E-state index in [9.17, 15) is 0 Å². The number of hydrogen-bond acceptors (Lipinski definition) is 2. The van der Waals surface area contributed by atoms with E-state index in [1.165, 1.54) is 19.3 Å². The third-order valence-electron chi connectivity index (χ3n) is 2.54. The molecule has 2 N–H and O–H groups in total. The molecular weight excluding hydrogens is 138 g/mol. The Balaban J connectivity index is 2.15. The van der Waals surface area contributed by atoms with Gasteiger partial charge in [0.1, 0.15) is 0 Å². The van der Waals surface area contributed by atoms with Gasteiger partial charge in [-0.15, -0.1) is 0 Å². The molecule has 2 nitrogen and oxygen atoms in total. The van der Waals surface area contributed by atoms with Crippen LogP contribution in [0.2, 0.25) is 0 Å². The van der Waals surface area contributed by atoms with Gasteiger partial charge in [-0.3, -0.25) is 0 Å². The first-order valence-corrected chi connectivity index (χ1v) is 4.61. The van der Waals surface area contributed by atoms with Gasteiger partial charge in [0.25, 0.3) is 0 Å². The smallest absolute Gasteiger partial charge is 0.0636 e. The SMILES string of the molecule is CC1CCCC1NC[C@@H](C)O. The Kier molecular flexibility index (Phi) is 3.34. The molecular formula is C9H19NO. The van der Waals surface area contributed by atoms with Crippen molar-refractivity contribution >= 4 is 0 Å². The molecule has 0 radical (unpaired) electrons. The Bertz CT molecular complexity index is 114. The highest BCUT2D eigenvalue weighted by atomic mass is 16.3. The number of nitrogens with one attached hydrogen (secondary N) is 1. The fourth-order valence-electron chi connectivity index (χ4n) is 1.77. The summed E-state index contributed by atoms with van der Waals surface area (Å²) in [7, 11) is 0. The largest absolute Gasteiger partial charge is 0.392 e. The first-order chi connectivity index (χ1) is 5.20. The lowest BCUT2D eigenvalue weighted by Crippen LogP contribution is -2.35. The van der Waals surface area contributed by atoms with Gasteiger partial charge in [-0.1, -0.05) is 13.3 Å². The van der Waals surface area contributed by atoms with Gasteiger partial charge in [0, 0.05) is 12.6 Å². The molecule has 1 fully saturated rings. The van der Waals surface area contributed by atoms with Gasteiger partial charge in [-0.05, 0) is 25.7 Å². The van der Waals surface area contributed by atoms with E-state index in [2.05, 4.69) is 12.2 Å². The van der Waals surface area contributed by atoms with Gasteiger partial charge in [0.2, 0.25) is 0 Å². The summed E-state index contributed by atoms with van der Waals surface area (Å²) in [4.78, 5) is 0. The first kappa shape index (κ1) is 9.01. The molecule has 1 rings (SSSR count). The Morgan fingerprint density at radius 3 is 2.73 bits per heavy atom. The van der Waals surface area contributed by atoms with Crippen LogP contribution in [0, 0.1) is 5.92 Å². The van der Waals surface area contributed by atoms with Crippen molar-refractivity contribution in [3.05, 3.63) is 0 Å². The van der Waals surface area contributed by atoms with Crippen LogP contribution in [0.4, 0.5) is 0 Å². The average molecular weight is 157 g/mol. The highest BCUT2D eigenvalue weighted by molar-refractivity contribution is 4.80. The van der Waals surface area contributed by atoms with E-state index in [1.54, 1.807) is 0 Å². The molecule has 0 heterocycles. The Labute approximate surface area is 69.0 Å². The number of aliphatic hydroxyl groups is 1. The summed E-state index contributed by atoms with van der Waals surface area (Å²) >= 11 is 0. The van der Waals surface area contributed by atoms with Crippen molar-refractivity contribution in [1.82, 2.24) is 5.32 Å². The van der Waals surface area contributed by atoms with Crippen LogP contribution < -0.4 is 5.32 Å². The topological polar surface area (TPSA) is 32.3 Å². The third-order valence-corrected chi connectivity index (χ3v) is 2.54. The quantitative estimate of drug-likeness (QED) is 0.644. The molecule has 1 aliphatic carbocycles. The molecule has 1 saturated carbocycles. The lowest BCUT2D eigenvalue weighted by molar-refractivity contribution is 0.183. The van der Waals surface area contributed by atoms with Gasteiger partial charge >= 0.3 is 0 Å². The normalized spacial score (nSPS) is 34.1. The highest BCUT2D eigenvalue weighted by Gasteiger charge is 2.22. The lowest BCUT2D eigenvalue weighted by atomic mass is 10.1. The van der Waals surface area contributed by atoms with Crippen LogP contribution in [0.5, 0.6) is 0 Å². The van der Waals surface area contributed by atoms with Crippen LogP contribution in [0.25, 0.3) is 0 Å². The molecule has 66 valence electrons. The van der Waals surface area contributed by atoms with E-state index in [0.717, 1.165) is 12.5 Å². The van der Waals surface area contributed by atoms with Crippen molar-refractivity contribution in [1.29, 1.82) is 0 Å². The van der Waals surface area contributed by atoms with Gasteiger partial charge in [-0.2, -0.15) is 0 Å². The van der Waals surface area contributed by atoms with Crippen molar-refractivity contribution in [2.45, 2.75) is 45.3 Å². The summed E-state index contributed by atoms with van der Waals surface area (Å²) in [6.07, 6.45) is 3.77. The summed E-state index contributed by atoms with van der Waals surface area (Å²) in [6.45, 7) is 4.86. The predicted molar refractivity (Wildman–Crippen MR) is 46.5 cm³/mol. The molecule has 0 aromatic carbocycles. The van der Waals surface area contributed by atoms with Crippen LogP contribution in [-0.4, -0.2) is 23.8 Å². The Morgan fingerprint density at radius 2 is 2.27 bits per heavy atom. The van der Waals surface area contributed by atoms with Gasteiger partial charge in [0.15, 0.2) is 0 Å². The second kappa shape index (κ2) is 4.07. The molecule has 11 heavy (non-hydrogen) atoms. The molecule has 0 aromatic rings. The first-order valence-electron chi connectivity index (χ1n) is 4.61. The number of aliphatic hydroxyl groups excluding tert-OH is 1. The Morgan fingerprint density at radius 1 is 1.55 bits per heavy atom. The van der Waals surface area contributed by atoms with Crippen molar-refractivity contribution in [2.75, 3.05) is 6.54 Å². The van der Waals surface area contributed by atoms with Crippen molar-refractivity contribution in [3.63, 3.8) is 0 Å². The van der Waals surface area contributed by atoms with E-state index < -0.39 is 0 Å². The van der Waals surface area contributed by atoms with Crippen LogP contribution in [0.15, 0.2) is 0 Å². The molecule has 1 aliphatic rings. The van der Waals surface area contributed by atoms with E-state index in [0.29, 0.717) is 6.04 Å². The van der Waals surface area contributed by atoms with Crippen molar-refractivity contribution in [2.24, 2.45) is 5.92 Å². The minimum atomic E-state index is -0.206. The molecule has 2 heteroatoms. The molecule has 0 aromatic heterocycles. The molecule has 3 atom stereocenters. The van der Waals surface area contributed by atoms with Gasteiger partial charge in [-0.25, -0.2) is 0 Å². The summed E-state index contributed by atoms with van der Waals surface area (Å²) in [6, 6.07) is 0.657. The molecule has 2 unspecified atom stereocenters. The minimum Gasteiger partial charge on any atom is -0.392 e. The van der Waals surface area contributed by atoms with Crippen molar-refractivity contribution in [3.8, 4) is 0 Å². The molecule has 0 aliphatic heterocycles. The van der Waals surface area contributed by atoms with Gasteiger partial charge in [0.05, 0.1) is 6.10 Å². The standard InChI is InChI=1S/C9H19NO/c1-7-4-3-5-9(7)10-6-8(2)11/h7-11H,3-6H2,1-2H3/t7?,8-,9?/m1/s1. The summed E-state index contributed by atoms with van der Waals surface area (Å²) < 4.78 is 0. The zero-order valence-corrected chi connectivity index (χ0v) is 7.51. The van der Waals surface area contributed by atoms with E-state index in [1.807, 2.05) is 6.92 Å². The van der Waals surface area contributed by atoms with Crippen LogP contribution in [-0.2, 0) is 0 Å². The summed E-state index contributed by atoms with van der Waals surface area (Å²) in [5, 5.41) is 12.4. The van der Waals surface area contributed by atoms with Gasteiger partial charge < -0.3 is 10.4 Å². The second-order valence-corrected chi connectivity index (χ2v) is 3.77. The van der Waals surface area contributed by atoms with Crippen molar-refractivity contribution < 1.29 is 5.11 Å². The van der Waals surface area contributed by atoms with Crippen LogP contribution in [0.1, 0.15) is 33.1 Å². The summed E-state index contributed by atoms with van der Waals surface area (Å²) in [5.41, 5.74) is 0. The fourth-order valence-corrected chi connectivity index (χ4v) is 1.77. The number of hydrogen-bond donors (Lipinski definition) is 2. The monoisotopic (exact) mass is 157 g/mol. The predicted octanol–water partition coefficient (Wildman–Crippen LogP) is 1.15. The third kappa shape index (κ3) is 2.80. The average Bonchev–Trinajstić information content (AvgIpc) is 2.31. The van der Waals surface area contributed by atoms with Crippen LogP contribution in [0.3, 0.4) is 0 Å². The zero-order valence-electron chi connectivity index (χ0n) is 7.51. The van der Waals surface area contributed by atoms with Crippen LogP contribution >= 0.6 is 0 Å². The van der Waals surface area contributed by atoms with E-state index in [4.69, 9.17) is 5.11 Å². The Hall–Kier alpha value is -0.0800. The summed E-state index contributed by atoms with van der Waals surface area (Å²) in [5.74, 6) is 0.800. The molecule has 0 amide bonds. The number of rotatable bonds is 3. The maximum atomic E-state index is 9.04. The van der Waals surface area contributed by atoms with E-state index in [-0.39, 0.29) is 6.10 Å². The molecule has 0 spiro atoms.